The van der Waals surface area contributed by atoms with Gasteiger partial charge in [-0.2, -0.15) is 0 Å². The van der Waals surface area contributed by atoms with Crippen LogP contribution in [-0.4, -0.2) is 22.4 Å². The van der Waals surface area contributed by atoms with Crippen LogP contribution in [0.1, 0.15) is 30.1 Å². The van der Waals surface area contributed by atoms with Crippen molar-refractivity contribution in [1.82, 2.24) is 10.3 Å². The molecule has 0 atom stereocenters. The fourth-order valence-electron chi connectivity index (χ4n) is 1.53. The van der Waals surface area contributed by atoms with Crippen LogP contribution in [0, 0.1) is 15.5 Å². The van der Waals surface area contributed by atoms with Gasteiger partial charge in [0.2, 0.25) is 0 Å². The third-order valence-corrected chi connectivity index (χ3v) is 3.14. The molecular weight excluding hydrogens is 236 g/mol. The molecule has 1 aromatic heterocycles. The number of rotatable bonds is 4. The monoisotopic (exact) mass is 250 g/mol. The van der Waals surface area contributed by atoms with Crippen LogP contribution in [-0.2, 0) is 0 Å². The summed E-state index contributed by atoms with van der Waals surface area (Å²) in [6.07, 6.45) is 3.19. The molecule has 2 rings (SSSR count). The van der Waals surface area contributed by atoms with Gasteiger partial charge in [0.05, 0.1) is 10.5 Å². The van der Waals surface area contributed by atoms with Gasteiger partial charge in [-0.05, 0) is 18.3 Å². The smallest absolute Gasteiger partial charge is 0.288 e. The van der Waals surface area contributed by atoms with E-state index in [4.69, 9.17) is 5.73 Å². The number of hydrogen-bond donors (Lipinski definition) is 2. The van der Waals surface area contributed by atoms with Crippen molar-refractivity contribution < 1.29 is 9.72 Å². The van der Waals surface area contributed by atoms with E-state index >= 15 is 0 Å². The number of carbonyl (C=O) groups excluding carboxylic acids is 1. The summed E-state index contributed by atoms with van der Waals surface area (Å²) in [5.41, 5.74) is 5.52. The number of nitrogens with two attached hydrogens (primary N) is 1. The summed E-state index contributed by atoms with van der Waals surface area (Å²) in [5.74, 6) is -0.420. The van der Waals surface area contributed by atoms with Gasteiger partial charge in [0.15, 0.2) is 0 Å². The molecule has 1 amide bonds. The minimum atomic E-state index is -0.606. The fourth-order valence-corrected chi connectivity index (χ4v) is 1.53. The summed E-state index contributed by atoms with van der Waals surface area (Å²) in [6, 6.07) is 1.15. The van der Waals surface area contributed by atoms with E-state index in [2.05, 4.69) is 17.2 Å². The first-order chi connectivity index (χ1) is 8.41. The third-order valence-electron chi connectivity index (χ3n) is 3.14. The Kier molecular flexibility index (Phi) is 2.90. The van der Waals surface area contributed by atoms with Crippen molar-refractivity contribution in [2.45, 2.75) is 19.8 Å². The highest BCUT2D eigenvalue weighted by Gasteiger charge is 2.37. The first-order valence-corrected chi connectivity index (χ1v) is 5.59. The summed E-state index contributed by atoms with van der Waals surface area (Å²) >= 11 is 0. The average molecular weight is 250 g/mol. The molecule has 0 bridgehead atoms. The van der Waals surface area contributed by atoms with Gasteiger partial charge in [-0.25, -0.2) is 4.98 Å². The largest absolute Gasteiger partial charge is 0.383 e. The van der Waals surface area contributed by atoms with E-state index in [-0.39, 0.29) is 22.5 Å². The number of pyridine rings is 1. The van der Waals surface area contributed by atoms with Crippen LogP contribution in [0.3, 0.4) is 0 Å². The van der Waals surface area contributed by atoms with Crippen molar-refractivity contribution in [2.75, 3.05) is 12.3 Å². The lowest BCUT2D eigenvalue weighted by Gasteiger charge is -2.10. The number of anilines is 1. The first-order valence-electron chi connectivity index (χ1n) is 5.59. The molecule has 0 aliphatic heterocycles. The molecule has 7 nitrogen and oxygen atoms in total. The Morgan fingerprint density at radius 1 is 1.67 bits per heavy atom. The number of nitro groups is 1. The molecule has 0 unspecified atom stereocenters. The molecule has 96 valence electrons. The molecule has 1 aromatic rings. The SMILES string of the molecule is CC1(CNC(=O)c2cc([N+](=O)[O-])cnc2N)CC1. The molecule has 0 aromatic carbocycles. The van der Waals surface area contributed by atoms with Crippen LogP contribution in [0.15, 0.2) is 12.3 Å². The molecule has 0 saturated heterocycles. The molecule has 0 spiro atoms. The van der Waals surface area contributed by atoms with E-state index in [1.54, 1.807) is 0 Å². The zero-order valence-corrected chi connectivity index (χ0v) is 9.97. The fraction of sp³-hybridized carbons (Fsp3) is 0.455. The Labute approximate surface area is 104 Å². The Morgan fingerprint density at radius 2 is 2.33 bits per heavy atom. The van der Waals surface area contributed by atoms with Crippen molar-refractivity contribution >= 4 is 17.4 Å². The Bertz CT molecular complexity index is 511. The summed E-state index contributed by atoms with van der Waals surface area (Å²) < 4.78 is 0. The van der Waals surface area contributed by atoms with Gasteiger partial charge in [0.1, 0.15) is 12.0 Å². The van der Waals surface area contributed by atoms with Crippen molar-refractivity contribution in [1.29, 1.82) is 0 Å². The number of aromatic nitrogens is 1. The van der Waals surface area contributed by atoms with Crippen molar-refractivity contribution in [3.05, 3.63) is 27.9 Å². The van der Waals surface area contributed by atoms with Crippen LogP contribution in [0.25, 0.3) is 0 Å². The predicted octanol–water partition coefficient (Wildman–Crippen LogP) is 1.10. The van der Waals surface area contributed by atoms with Gasteiger partial charge in [-0.1, -0.05) is 6.92 Å². The van der Waals surface area contributed by atoms with E-state index < -0.39 is 10.8 Å². The molecule has 1 fully saturated rings. The maximum absolute atomic E-state index is 11.9. The predicted molar refractivity (Wildman–Crippen MR) is 65.0 cm³/mol. The highest BCUT2D eigenvalue weighted by Crippen LogP contribution is 2.44. The Morgan fingerprint density at radius 3 is 2.89 bits per heavy atom. The van der Waals surface area contributed by atoms with Crippen LogP contribution in [0.4, 0.5) is 11.5 Å². The number of nitrogen functional groups attached to an aromatic ring is 1. The van der Waals surface area contributed by atoms with Gasteiger partial charge >= 0.3 is 0 Å². The van der Waals surface area contributed by atoms with Crippen molar-refractivity contribution in [3.63, 3.8) is 0 Å². The number of hydrogen-bond acceptors (Lipinski definition) is 5. The molecule has 18 heavy (non-hydrogen) atoms. The van der Waals surface area contributed by atoms with E-state index in [1.807, 2.05) is 0 Å². The van der Waals surface area contributed by atoms with Gasteiger partial charge < -0.3 is 11.1 Å². The van der Waals surface area contributed by atoms with Gasteiger partial charge in [0, 0.05) is 12.6 Å². The summed E-state index contributed by atoms with van der Waals surface area (Å²) in [6.45, 7) is 2.62. The molecule has 0 radical (unpaired) electrons. The topological polar surface area (TPSA) is 111 Å². The van der Waals surface area contributed by atoms with E-state index in [0.29, 0.717) is 6.54 Å². The Balaban J connectivity index is 2.13. The second-order valence-electron chi connectivity index (χ2n) is 4.88. The van der Waals surface area contributed by atoms with E-state index in [9.17, 15) is 14.9 Å². The van der Waals surface area contributed by atoms with Crippen LogP contribution < -0.4 is 11.1 Å². The van der Waals surface area contributed by atoms with Crippen LogP contribution in [0.2, 0.25) is 0 Å². The first kappa shape index (κ1) is 12.3. The van der Waals surface area contributed by atoms with Crippen molar-refractivity contribution in [3.8, 4) is 0 Å². The number of nitrogens with zero attached hydrogens (tertiary/aromatic N) is 2. The molecule has 1 aliphatic rings. The minimum absolute atomic E-state index is 0.000880. The number of carbonyl (C=O) groups is 1. The highest BCUT2D eigenvalue weighted by atomic mass is 16.6. The molecule has 1 heterocycles. The molecule has 3 N–H and O–H groups in total. The average Bonchev–Trinajstić information content (AvgIpc) is 3.05. The van der Waals surface area contributed by atoms with Gasteiger partial charge in [0.25, 0.3) is 11.6 Å². The lowest BCUT2D eigenvalue weighted by atomic mass is 10.1. The molecule has 7 heteroatoms. The van der Waals surface area contributed by atoms with Gasteiger partial charge in [-0.15, -0.1) is 0 Å². The van der Waals surface area contributed by atoms with Gasteiger partial charge in [-0.3, -0.25) is 14.9 Å². The second-order valence-corrected chi connectivity index (χ2v) is 4.88. The quantitative estimate of drug-likeness (QED) is 0.614. The number of amides is 1. The lowest BCUT2D eigenvalue weighted by Crippen LogP contribution is -2.29. The Hall–Kier alpha value is -2.18. The van der Waals surface area contributed by atoms with Crippen LogP contribution >= 0.6 is 0 Å². The maximum Gasteiger partial charge on any atom is 0.288 e. The lowest BCUT2D eigenvalue weighted by molar-refractivity contribution is -0.385. The maximum atomic E-state index is 11.9. The molecule has 1 saturated carbocycles. The second kappa shape index (κ2) is 4.25. The highest BCUT2D eigenvalue weighted by molar-refractivity contribution is 5.98. The van der Waals surface area contributed by atoms with Crippen molar-refractivity contribution in [2.24, 2.45) is 5.41 Å². The minimum Gasteiger partial charge on any atom is -0.383 e. The molecule has 1 aliphatic carbocycles. The standard InChI is InChI=1S/C11H14N4O3/c1-11(2-3-11)6-14-10(16)8-4-7(15(17)18)5-13-9(8)12/h4-5H,2-3,6H2,1H3,(H2,12,13)(H,14,16). The summed E-state index contributed by atoms with van der Waals surface area (Å²) in [5, 5.41) is 13.3. The normalized spacial score (nSPS) is 16.1. The zero-order valence-electron chi connectivity index (χ0n) is 9.97. The van der Waals surface area contributed by atoms with Crippen LogP contribution in [0.5, 0.6) is 0 Å². The number of nitrogens with one attached hydrogen (secondary N) is 1. The third kappa shape index (κ3) is 2.55. The summed E-state index contributed by atoms with van der Waals surface area (Å²) in [7, 11) is 0. The summed E-state index contributed by atoms with van der Waals surface area (Å²) in [4.78, 5) is 25.5. The van der Waals surface area contributed by atoms with E-state index in [1.165, 1.54) is 0 Å². The molecular formula is C11H14N4O3. The van der Waals surface area contributed by atoms with E-state index in [0.717, 1.165) is 25.1 Å². The zero-order chi connectivity index (χ0) is 13.3.